The molecular formula is C10H15N3O2. The van der Waals surface area contributed by atoms with Gasteiger partial charge in [-0.2, -0.15) is 5.10 Å². The summed E-state index contributed by atoms with van der Waals surface area (Å²) in [5.74, 6) is 0.786. The third kappa shape index (κ3) is 1.42. The molecule has 0 saturated carbocycles. The highest BCUT2D eigenvalue weighted by molar-refractivity contribution is 5.44. The Labute approximate surface area is 88.1 Å². The fraction of sp³-hybridized carbons (Fsp3) is 0.700. The number of hydrogen-bond acceptors (Lipinski definition) is 4. The summed E-state index contributed by atoms with van der Waals surface area (Å²) in [5.41, 5.74) is 8.16. The first-order valence-corrected chi connectivity index (χ1v) is 5.37. The van der Waals surface area contributed by atoms with Gasteiger partial charge in [0.1, 0.15) is 5.82 Å². The number of rotatable bonds is 1. The van der Waals surface area contributed by atoms with Crippen molar-refractivity contribution in [3.63, 3.8) is 0 Å². The number of ether oxygens (including phenoxy) is 2. The van der Waals surface area contributed by atoms with Gasteiger partial charge in [0.05, 0.1) is 24.9 Å². The number of fused-ring (bicyclic) bond motifs is 1. The molecule has 1 aromatic heterocycles. The van der Waals surface area contributed by atoms with Crippen molar-refractivity contribution in [1.29, 1.82) is 0 Å². The fourth-order valence-corrected chi connectivity index (χ4v) is 2.26. The average Bonchev–Trinajstić information content (AvgIpc) is 2.83. The van der Waals surface area contributed by atoms with Crippen LogP contribution >= 0.6 is 0 Å². The van der Waals surface area contributed by atoms with Gasteiger partial charge in [-0.1, -0.05) is 0 Å². The van der Waals surface area contributed by atoms with E-state index in [1.807, 2.05) is 4.68 Å². The summed E-state index contributed by atoms with van der Waals surface area (Å²) in [4.78, 5) is 0. The van der Waals surface area contributed by atoms with Crippen LogP contribution in [-0.4, -0.2) is 23.0 Å². The number of aromatic nitrogens is 2. The summed E-state index contributed by atoms with van der Waals surface area (Å²) in [7, 11) is 0. The fourth-order valence-electron chi connectivity index (χ4n) is 2.26. The molecule has 0 unspecified atom stereocenters. The van der Waals surface area contributed by atoms with Crippen LogP contribution in [0, 0.1) is 0 Å². The number of anilines is 1. The molecule has 0 spiro atoms. The lowest BCUT2D eigenvalue weighted by Gasteiger charge is -2.23. The lowest BCUT2D eigenvalue weighted by molar-refractivity contribution is 0.0658. The molecule has 2 aliphatic heterocycles. The second-order valence-corrected chi connectivity index (χ2v) is 4.09. The monoisotopic (exact) mass is 209 g/mol. The highest BCUT2D eigenvalue weighted by atomic mass is 16.5. The zero-order valence-electron chi connectivity index (χ0n) is 8.61. The second kappa shape index (κ2) is 3.50. The zero-order valence-corrected chi connectivity index (χ0v) is 8.61. The number of nitrogen functional groups attached to an aromatic ring is 1. The number of nitrogens with zero attached hydrogens (tertiary/aromatic N) is 2. The quantitative estimate of drug-likeness (QED) is 0.744. The van der Waals surface area contributed by atoms with Crippen molar-refractivity contribution in [3.05, 3.63) is 11.3 Å². The maximum atomic E-state index is 6.07. The van der Waals surface area contributed by atoms with Crippen LogP contribution < -0.4 is 5.73 Å². The minimum absolute atomic E-state index is 0.407. The summed E-state index contributed by atoms with van der Waals surface area (Å²) in [6.07, 6.45) is 2.01. The molecule has 0 bridgehead atoms. The van der Waals surface area contributed by atoms with Gasteiger partial charge in [-0.05, 0) is 12.8 Å². The average molecular weight is 209 g/mol. The van der Waals surface area contributed by atoms with E-state index in [0.29, 0.717) is 19.3 Å². The Kier molecular flexibility index (Phi) is 2.14. The Morgan fingerprint density at radius 3 is 2.73 bits per heavy atom. The molecule has 82 valence electrons. The standard InChI is InChI=1S/C10H15N3O2/c11-10-8-5-15-6-9(8)12-13(10)7-1-3-14-4-2-7/h7H,1-6,11H2. The van der Waals surface area contributed by atoms with E-state index >= 15 is 0 Å². The third-order valence-corrected chi connectivity index (χ3v) is 3.15. The molecule has 5 heteroatoms. The minimum atomic E-state index is 0.407. The smallest absolute Gasteiger partial charge is 0.127 e. The van der Waals surface area contributed by atoms with Crippen LogP contribution in [0.25, 0.3) is 0 Å². The Morgan fingerprint density at radius 2 is 2.00 bits per heavy atom. The van der Waals surface area contributed by atoms with Crippen LogP contribution in [0.2, 0.25) is 0 Å². The van der Waals surface area contributed by atoms with Gasteiger partial charge < -0.3 is 15.2 Å². The van der Waals surface area contributed by atoms with Crippen molar-refractivity contribution < 1.29 is 9.47 Å². The summed E-state index contributed by atoms with van der Waals surface area (Å²) in [5, 5.41) is 4.53. The van der Waals surface area contributed by atoms with Gasteiger partial charge in [0.15, 0.2) is 0 Å². The number of nitrogens with two attached hydrogens (primary N) is 1. The third-order valence-electron chi connectivity index (χ3n) is 3.15. The van der Waals surface area contributed by atoms with Gasteiger partial charge in [0, 0.05) is 18.8 Å². The Morgan fingerprint density at radius 1 is 1.20 bits per heavy atom. The van der Waals surface area contributed by atoms with Gasteiger partial charge in [-0.3, -0.25) is 0 Å². The predicted molar refractivity (Wildman–Crippen MR) is 54.2 cm³/mol. The predicted octanol–water partition coefficient (Wildman–Crippen LogP) is 0.847. The number of hydrogen-bond donors (Lipinski definition) is 1. The van der Waals surface area contributed by atoms with Crippen LogP contribution in [0.15, 0.2) is 0 Å². The normalized spacial score (nSPS) is 21.9. The summed E-state index contributed by atoms with van der Waals surface area (Å²) >= 11 is 0. The molecule has 2 N–H and O–H groups in total. The van der Waals surface area contributed by atoms with Crippen molar-refractivity contribution in [3.8, 4) is 0 Å². The Bertz CT molecular complexity index is 369. The van der Waals surface area contributed by atoms with Crippen LogP contribution in [-0.2, 0) is 22.7 Å². The van der Waals surface area contributed by atoms with Crippen molar-refractivity contribution in [2.45, 2.75) is 32.1 Å². The van der Waals surface area contributed by atoms with Crippen LogP contribution in [0.3, 0.4) is 0 Å². The van der Waals surface area contributed by atoms with Gasteiger partial charge in [-0.15, -0.1) is 0 Å². The lowest BCUT2D eigenvalue weighted by Crippen LogP contribution is -2.22. The first-order chi connectivity index (χ1) is 7.36. The summed E-state index contributed by atoms with van der Waals surface area (Å²) < 4.78 is 12.6. The molecule has 0 radical (unpaired) electrons. The Hall–Kier alpha value is -1.07. The van der Waals surface area contributed by atoms with E-state index in [2.05, 4.69) is 5.10 Å². The van der Waals surface area contributed by atoms with Crippen molar-refractivity contribution in [2.24, 2.45) is 0 Å². The molecule has 1 saturated heterocycles. The molecule has 3 rings (SSSR count). The molecule has 0 atom stereocenters. The molecule has 0 aliphatic carbocycles. The van der Waals surface area contributed by atoms with Crippen LogP contribution in [0.1, 0.15) is 30.1 Å². The maximum absolute atomic E-state index is 6.07. The largest absolute Gasteiger partial charge is 0.384 e. The van der Waals surface area contributed by atoms with Gasteiger partial charge in [0.2, 0.25) is 0 Å². The van der Waals surface area contributed by atoms with Crippen molar-refractivity contribution in [1.82, 2.24) is 9.78 Å². The van der Waals surface area contributed by atoms with E-state index in [9.17, 15) is 0 Å². The lowest BCUT2D eigenvalue weighted by atomic mass is 10.1. The zero-order chi connectivity index (χ0) is 10.3. The highest BCUT2D eigenvalue weighted by Crippen LogP contribution is 2.30. The van der Waals surface area contributed by atoms with Crippen molar-refractivity contribution >= 4 is 5.82 Å². The summed E-state index contributed by atoms with van der Waals surface area (Å²) in [6, 6.07) is 0.407. The highest BCUT2D eigenvalue weighted by Gasteiger charge is 2.25. The van der Waals surface area contributed by atoms with Gasteiger partial charge in [-0.25, -0.2) is 4.68 Å². The first kappa shape index (κ1) is 9.18. The van der Waals surface area contributed by atoms with Crippen molar-refractivity contribution in [2.75, 3.05) is 18.9 Å². The van der Waals surface area contributed by atoms with Gasteiger partial charge in [0.25, 0.3) is 0 Å². The van der Waals surface area contributed by atoms with E-state index < -0.39 is 0 Å². The SMILES string of the molecule is Nc1c2c(nn1C1CCOCC1)COC2. The van der Waals surface area contributed by atoms with Crippen LogP contribution in [0.4, 0.5) is 5.82 Å². The molecule has 2 aliphatic rings. The summed E-state index contributed by atoms with van der Waals surface area (Å²) in [6.45, 7) is 2.84. The molecule has 1 aromatic rings. The molecule has 0 amide bonds. The topological polar surface area (TPSA) is 62.3 Å². The van der Waals surface area contributed by atoms with E-state index in [4.69, 9.17) is 15.2 Å². The Balaban J connectivity index is 1.91. The van der Waals surface area contributed by atoms with E-state index in [1.54, 1.807) is 0 Å². The molecular weight excluding hydrogens is 194 g/mol. The van der Waals surface area contributed by atoms with E-state index in [-0.39, 0.29) is 0 Å². The minimum Gasteiger partial charge on any atom is -0.384 e. The molecule has 0 aromatic carbocycles. The molecule has 15 heavy (non-hydrogen) atoms. The van der Waals surface area contributed by atoms with Gasteiger partial charge >= 0.3 is 0 Å². The first-order valence-electron chi connectivity index (χ1n) is 5.37. The molecule has 3 heterocycles. The maximum Gasteiger partial charge on any atom is 0.127 e. The molecule has 5 nitrogen and oxygen atoms in total. The van der Waals surface area contributed by atoms with E-state index in [0.717, 1.165) is 43.1 Å². The van der Waals surface area contributed by atoms with Crippen LogP contribution in [0.5, 0.6) is 0 Å². The van der Waals surface area contributed by atoms with E-state index in [1.165, 1.54) is 0 Å². The second-order valence-electron chi connectivity index (χ2n) is 4.09. The molecule has 1 fully saturated rings.